The molecule has 29 heavy (non-hydrogen) atoms. The Morgan fingerprint density at radius 1 is 0.966 bits per heavy atom. The Kier molecular flexibility index (Phi) is 6.25. The number of benzene rings is 2. The third-order valence-electron chi connectivity index (χ3n) is 6.04. The van der Waals surface area contributed by atoms with Crippen molar-refractivity contribution in [3.8, 4) is 0 Å². The molecule has 1 atom stereocenters. The van der Waals surface area contributed by atoms with E-state index >= 15 is 0 Å². The number of piperidine rings is 1. The van der Waals surface area contributed by atoms with E-state index in [0.717, 1.165) is 32.4 Å². The van der Waals surface area contributed by atoms with E-state index in [1.165, 1.54) is 11.1 Å². The molecule has 0 radical (unpaired) electrons. The highest BCUT2D eigenvalue weighted by Crippen LogP contribution is 2.34. The number of β-lactam (4-membered cyclic amide) rings is 1. The molecule has 2 heterocycles. The summed E-state index contributed by atoms with van der Waals surface area (Å²) in [7, 11) is 0. The number of aryl methyl sites for hydroxylation is 1. The summed E-state index contributed by atoms with van der Waals surface area (Å²) in [6.45, 7) is 2.51. The van der Waals surface area contributed by atoms with E-state index in [2.05, 4.69) is 34.5 Å². The van der Waals surface area contributed by atoms with Gasteiger partial charge in [-0.15, -0.1) is 0 Å². The van der Waals surface area contributed by atoms with Gasteiger partial charge in [-0.05, 0) is 30.4 Å². The molecular weight excluding hydrogens is 362 g/mol. The van der Waals surface area contributed by atoms with Gasteiger partial charge in [0.1, 0.15) is 0 Å². The summed E-state index contributed by atoms with van der Waals surface area (Å²) in [6, 6.07) is 20.8. The van der Waals surface area contributed by atoms with E-state index < -0.39 is 0 Å². The lowest BCUT2D eigenvalue weighted by molar-refractivity contribution is -0.150. The molecule has 2 saturated heterocycles. The molecule has 2 fully saturated rings. The summed E-state index contributed by atoms with van der Waals surface area (Å²) in [4.78, 5) is 28.7. The number of hydrogen-bond acceptors (Lipinski definition) is 3. The first-order chi connectivity index (χ1) is 14.2. The maximum Gasteiger partial charge on any atom is 0.226 e. The SMILES string of the molecule is O=C(CCc1ccccc1)NC1CCN(CN2C(=O)CC2c2ccccc2)CC1. The number of likely N-dealkylation sites (tertiary alicyclic amines) is 2. The second-order valence-corrected chi connectivity index (χ2v) is 8.08. The monoisotopic (exact) mass is 391 g/mol. The molecule has 152 valence electrons. The predicted octanol–water partition coefficient (Wildman–Crippen LogP) is 3.13. The Balaban J connectivity index is 1.19. The molecule has 1 N–H and O–H groups in total. The van der Waals surface area contributed by atoms with Crippen molar-refractivity contribution in [3.05, 3.63) is 71.8 Å². The smallest absolute Gasteiger partial charge is 0.226 e. The number of hydrogen-bond donors (Lipinski definition) is 1. The lowest BCUT2D eigenvalue weighted by Gasteiger charge is -2.45. The van der Waals surface area contributed by atoms with Gasteiger partial charge in [-0.1, -0.05) is 60.7 Å². The molecule has 4 rings (SSSR count). The summed E-state index contributed by atoms with van der Waals surface area (Å²) in [5, 5.41) is 3.19. The van der Waals surface area contributed by atoms with Crippen LogP contribution in [0.15, 0.2) is 60.7 Å². The van der Waals surface area contributed by atoms with Crippen molar-refractivity contribution >= 4 is 11.8 Å². The maximum atomic E-state index is 12.3. The first kappa shape index (κ1) is 19.6. The number of amides is 2. The summed E-state index contributed by atoms with van der Waals surface area (Å²) >= 11 is 0. The van der Waals surface area contributed by atoms with Crippen molar-refractivity contribution < 1.29 is 9.59 Å². The molecule has 2 amide bonds. The zero-order valence-corrected chi connectivity index (χ0v) is 16.8. The number of nitrogens with zero attached hydrogens (tertiary/aromatic N) is 2. The van der Waals surface area contributed by atoms with Gasteiger partial charge < -0.3 is 10.2 Å². The molecule has 0 spiro atoms. The van der Waals surface area contributed by atoms with Crippen LogP contribution in [-0.4, -0.2) is 47.4 Å². The summed E-state index contributed by atoms with van der Waals surface area (Å²) < 4.78 is 0. The van der Waals surface area contributed by atoms with Gasteiger partial charge in [-0.2, -0.15) is 0 Å². The van der Waals surface area contributed by atoms with Crippen LogP contribution in [0, 0.1) is 0 Å². The molecule has 5 nitrogen and oxygen atoms in total. The summed E-state index contributed by atoms with van der Waals surface area (Å²) in [6.07, 6.45) is 3.80. The minimum Gasteiger partial charge on any atom is -0.353 e. The van der Waals surface area contributed by atoms with E-state index in [1.54, 1.807) is 0 Å². The fourth-order valence-electron chi connectivity index (χ4n) is 4.24. The highest BCUT2D eigenvalue weighted by atomic mass is 16.2. The van der Waals surface area contributed by atoms with Gasteiger partial charge in [-0.25, -0.2) is 0 Å². The maximum absolute atomic E-state index is 12.3. The van der Waals surface area contributed by atoms with E-state index in [0.29, 0.717) is 19.5 Å². The molecule has 5 heteroatoms. The van der Waals surface area contributed by atoms with Crippen molar-refractivity contribution in [3.63, 3.8) is 0 Å². The van der Waals surface area contributed by atoms with Crippen LogP contribution >= 0.6 is 0 Å². The average molecular weight is 392 g/mol. The lowest BCUT2D eigenvalue weighted by Crippen LogP contribution is -2.54. The van der Waals surface area contributed by atoms with Crippen LogP contribution in [0.3, 0.4) is 0 Å². The van der Waals surface area contributed by atoms with Gasteiger partial charge in [0, 0.05) is 25.6 Å². The van der Waals surface area contributed by atoms with E-state index in [9.17, 15) is 9.59 Å². The molecule has 2 aliphatic rings. The van der Waals surface area contributed by atoms with Crippen LogP contribution in [0.25, 0.3) is 0 Å². The average Bonchev–Trinajstić information content (AvgIpc) is 2.77. The molecule has 2 aromatic rings. The fourth-order valence-corrected chi connectivity index (χ4v) is 4.24. The number of rotatable bonds is 7. The highest BCUT2D eigenvalue weighted by Gasteiger charge is 2.38. The van der Waals surface area contributed by atoms with Gasteiger partial charge >= 0.3 is 0 Å². The Morgan fingerprint density at radius 3 is 2.28 bits per heavy atom. The van der Waals surface area contributed by atoms with Crippen molar-refractivity contribution in [1.82, 2.24) is 15.1 Å². The summed E-state index contributed by atoms with van der Waals surface area (Å²) in [5.74, 6) is 0.365. The largest absolute Gasteiger partial charge is 0.353 e. The van der Waals surface area contributed by atoms with Crippen molar-refractivity contribution in [2.45, 2.75) is 44.2 Å². The van der Waals surface area contributed by atoms with Crippen molar-refractivity contribution in [2.75, 3.05) is 19.8 Å². The second kappa shape index (κ2) is 9.23. The lowest BCUT2D eigenvalue weighted by atomic mass is 9.94. The molecule has 0 saturated carbocycles. The number of nitrogens with one attached hydrogen (secondary N) is 1. The zero-order valence-electron chi connectivity index (χ0n) is 16.8. The third kappa shape index (κ3) is 5.04. The topological polar surface area (TPSA) is 52.7 Å². The second-order valence-electron chi connectivity index (χ2n) is 8.08. The summed E-state index contributed by atoms with van der Waals surface area (Å²) in [5.41, 5.74) is 2.41. The fraction of sp³-hybridized carbons (Fsp3) is 0.417. The molecule has 0 bridgehead atoms. The van der Waals surface area contributed by atoms with Crippen LogP contribution in [0.1, 0.15) is 42.9 Å². The van der Waals surface area contributed by atoms with Crippen molar-refractivity contribution in [2.24, 2.45) is 0 Å². The molecular formula is C24H29N3O2. The molecule has 1 unspecified atom stereocenters. The van der Waals surface area contributed by atoms with E-state index in [-0.39, 0.29) is 23.9 Å². The molecule has 2 aliphatic heterocycles. The number of carbonyl (C=O) groups is 2. The standard InChI is InChI=1S/C24H29N3O2/c28-23(12-11-19-7-3-1-4-8-19)25-21-13-15-26(16-14-21)18-27-22(17-24(27)29)20-9-5-2-6-10-20/h1-10,21-22H,11-18H2,(H,25,28). The van der Waals surface area contributed by atoms with Crippen LogP contribution in [0.2, 0.25) is 0 Å². The molecule has 2 aromatic carbocycles. The predicted molar refractivity (Wildman–Crippen MR) is 113 cm³/mol. The van der Waals surface area contributed by atoms with Gasteiger partial charge in [0.25, 0.3) is 0 Å². The minimum atomic E-state index is 0.134. The highest BCUT2D eigenvalue weighted by molar-refractivity contribution is 5.83. The first-order valence-corrected chi connectivity index (χ1v) is 10.6. The van der Waals surface area contributed by atoms with Crippen LogP contribution < -0.4 is 5.32 Å². The van der Waals surface area contributed by atoms with Gasteiger partial charge in [0.15, 0.2) is 0 Å². The van der Waals surface area contributed by atoms with Crippen LogP contribution in [0.4, 0.5) is 0 Å². The molecule has 0 aromatic heterocycles. The Hall–Kier alpha value is -2.66. The number of carbonyl (C=O) groups excluding carboxylic acids is 2. The third-order valence-corrected chi connectivity index (χ3v) is 6.04. The first-order valence-electron chi connectivity index (χ1n) is 10.6. The van der Waals surface area contributed by atoms with Crippen molar-refractivity contribution in [1.29, 1.82) is 0 Å². The minimum absolute atomic E-state index is 0.134. The zero-order chi connectivity index (χ0) is 20.1. The van der Waals surface area contributed by atoms with Gasteiger partial charge in [0.2, 0.25) is 11.8 Å². The van der Waals surface area contributed by atoms with Gasteiger partial charge in [0.05, 0.1) is 19.1 Å². The van der Waals surface area contributed by atoms with E-state index in [1.807, 2.05) is 41.3 Å². The van der Waals surface area contributed by atoms with Gasteiger partial charge in [-0.3, -0.25) is 14.5 Å². The van der Waals surface area contributed by atoms with Crippen LogP contribution in [-0.2, 0) is 16.0 Å². The normalized spacial score (nSPS) is 20.3. The Morgan fingerprint density at radius 2 is 1.62 bits per heavy atom. The quantitative estimate of drug-likeness (QED) is 0.738. The molecule has 0 aliphatic carbocycles. The van der Waals surface area contributed by atoms with Crippen LogP contribution in [0.5, 0.6) is 0 Å². The Bertz CT molecular complexity index is 817. The Labute approximate surface area is 172 Å². The van der Waals surface area contributed by atoms with E-state index in [4.69, 9.17) is 0 Å².